The van der Waals surface area contributed by atoms with Crippen LogP contribution in [0, 0.1) is 0 Å². The van der Waals surface area contributed by atoms with Gasteiger partial charge in [0.05, 0.1) is 6.61 Å². The lowest BCUT2D eigenvalue weighted by Crippen LogP contribution is -2.46. The Morgan fingerprint density at radius 1 is 1.19 bits per heavy atom. The highest BCUT2D eigenvalue weighted by Gasteiger charge is 2.43. The summed E-state index contributed by atoms with van der Waals surface area (Å²) in [5, 5.41) is 11.4. The predicted molar refractivity (Wildman–Crippen MR) is 106 cm³/mol. The van der Waals surface area contributed by atoms with E-state index in [0.29, 0.717) is 16.3 Å². The highest BCUT2D eigenvalue weighted by atomic mass is 35.5. The molecule has 0 aromatic heterocycles. The van der Waals surface area contributed by atoms with Crippen LogP contribution in [0.25, 0.3) is 5.57 Å². The molecule has 1 unspecified atom stereocenters. The second-order valence-electron chi connectivity index (χ2n) is 7.54. The van der Waals surface area contributed by atoms with Crippen LogP contribution in [0.5, 0.6) is 5.75 Å². The Labute approximate surface area is 164 Å². The topological polar surface area (TPSA) is 55.8 Å². The zero-order valence-electron chi connectivity index (χ0n) is 15.9. The Morgan fingerprint density at radius 3 is 2.44 bits per heavy atom. The molecule has 0 amide bonds. The average molecular weight is 387 g/mol. The standard InChI is InChI=1S/C22H23ClO4/c1-5-26-20(24)22(25)13-18(14-6-9-16(23)10-7-14)17-12-15(21(2,3)4)8-11-19(17)27-22/h6-13,25H,5H2,1-4H3. The highest BCUT2D eigenvalue weighted by Crippen LogP contribution is 2.41. The van der Waals surface area contributed by atoms with Gasteiger partial charge in [-0.2, -0.15) is 0 Å². The van der Waals surface area contributed by atoms with E-state index in [0.717, 1.165) is 16.7 Å². The Hall–Kier alpha value is -2.30. The van der Waals surface area contributed by atoms with Crippen molar-refractivity contribution in [1.29, 1.82) is 0 Å². The number of ether oxygens (including phenoxy) is 2. The maximum atomic E-state index is 12.3. The number of halogens is 1. The second kappa shape index (κ2) is 7.02. The van der Waals surface area contributed by atoms with E-state index in [1.54, 1.807) is 25.1 Å². The van der Waals surface area contributed by atoms with E-state index in [2.05, 4.69) is 20.8 Å². The number of carbonyl (C=O) groups is 1. The quantitative estimate of drug-likeness (QED) is 0.776. The fraction of sp³-hybridized carbons (Fsp3) is 0.318. The molecule has 4 nitrogen and oxygen atoms in total. The molecule has 1 aliphatic heterocycles. The second-order valence-corrected chi connectivity index (χ2v) is 7.98. The molecule has 0 spiro atoms. The normalized spacial score (nSPS) is 19.0. The average Bonchev–Trinajstić information content (AvgIpc) is 2.60. The number of hydrogen-bond acceptors (Lipinski definition) is 4. The molecular formula is C22H23ClO4. The minimum Gasteiger partial charge on any atom is -0.461 e. The van der Waals surface area contributed by atoms with Gasteiger partial charge in [-0.3, -0.25) is 0 Å². The number of benzene rings is 2. The summed E-state index contributed by atoms with van der Waals surface area (Å²) in [6, 6.07) is 13.0. The van der Waals surface area contributed by atoms with Crippen molar-refractivity contribution in [2.75, 3.05) is 6.61 Å². The van der Waals surface area contributed by atoms with Crippen LogP contribution >= 0.6 is 11.6 Å². The summed E-state index contributed by atoms with van der Waals surface area (Å²) in [6.45, 7) is 8.19. The van der Waals surface area contributed by atoms with Crippen molar-refractivity contribution in [2.24, 2.45) is 0 Å². The monoisotopic (exact) mass is 386 g/mol. The fourth-order valence-corrected chi connectivity index (χ4v) is 3.10. The molecule has 0 radical (unpaired) electrons. The highest BCUT2D eigenvalue weighted by molar-refractivity contribution is 6.30. The van der Waals surface area contributed by atoms with Crippen molar-refractivity contribution >= 4 is 23.1 Å². The fourth-order valence-electron chi connectivity index (χ4n) is 2.97. The number of rotatable bonds is 3. The van der Waals surface area contributed by atoms with Crippen LogP contribution in [0.15, 0.2) is 48.5 Å². The predicted octanol–water partition coefficient (Wildman–Crippen LogP) is 4.71. The first-order valence-corrected chi connectivity index (χ1v) is 9.24. The smallest absolute Gasteiger partial charge is 0.384 e. The van der Waals surface area contributed by atoms with Crippen molar-refractivity contribution in [3.05, 3.63) is 70.3 Å². The molecule has 3 rings (SSSR count). The third kappa shape index (κ3) is 3.87. The zero-order chi connectivity index (χ0) is 19.8. The first-order valence-electron chi connectivity index (χ1n) is 8.86. The lowest BCUT2D eigenvalue weighted by Gasteiger charge is -2.32. The molecule has 1 heterocycles. The maximum absolute atomic E-state index is 12.3. The van der Waals surface area contributed by atoms with E-state index in [-0.39, 0.29) is 12.0 Å². The summed E-state index contributed by atoms with van der Waals surface area (Å²) in [5.74, 6) is -2.60. The molecule has 0 aliphatic carbocycles. The van der Waals surface area contributed by atoms with Gasteiger partial charge in [0.1, 0.15) is 5.75 Å². The van der Waals surface area contributed by atoms with Gasteiger partial charge in [-0.05, 0) is 53.3 Å². The third-order valence-electron chi connectivity index (χ3n) is 4.46. The van der Waals surface area contributed by atoms with Gasteiger partial charge in [0.2, 0.25) is 0 Å². The maximum Gasteiger partial charge on any atom is 0.384 e. The van der Waals surface area contributed by atoms with Gasteiger partial charge in [0, 0.05) is 16.7 Å². The molecule has 142 valence electrons. The van der Waals surface area contributed by atoms with Crippen LogP contribution in [0.4, 0.5) is 0 Å². The first kappa shape index (κ1) is 19.5. The van der Waals surface area contributed by atoms with Crippen molar-refractivity contribution in [3.8, 4) is 5.75 Å². The van der Waals surface area contributed by atoms with Gasteiger partial charge in [-0.1, -0.05) is 50.6 Å². The van der Waals surface area contributed by atoms with Crippen molar-refractivity contribution in [1.82, 2.24) is 0 Å². The molecule has 2 aromatic carbocycles. The van der Waals surface area contributed by atoms with Crippen LogP contribution in [-0.4, -0.2) is 23.5 Å². The van der Waals surface area contributed by atoms with E-state index in [4.69, 9.17) is 21.1 Å². The SMILES string of the molecule is CCOC(=O)C1(O)C=C(c2ccc(Cl)cc2)c2cc(C(C)(C)C)ccc2O1. The number of aliphatic hydroxyl groups is 1. The molecule has 0 saturated heterocycles. The first-order chi connectivity index (χ1) is 12.6. The Bertz CT molecular complexity index is 894. The van der Waals surface area contributed by atoms with Gasteiger partial charge in [-0.15, -0.1) is 0 Å². The van der Waals surface area contributed by atoms with Crippen molar-refractivity contribution < 1.29 is 19.4 Å². The number of carbonyl (C=O) groups excluding carboxylic acids is 1. The van der Waals surface area contributed by atoms with Crippen molar-refractivity contribution in [2.45, 2.75) is 38.9 Å². The number of fused-ring (bicyclic) bond motifs is 1. The summed E-state index contributed by atoms with van der Waals surface area (Å²) in [5.41, 5.74) is 3.37. The largest absolute Gasteiger partial charge is 0.461 e. The summed E-state index contributed by atoms with van der Waals surface area (Å²) in [6.07, 6.45) is 1.41. The summed E-state index contributed by atoms with van der Waals surface area (Å²) in [4.78, 5) is 12.3. The molecule has 2 aromatic rings. The van der Waals surface area contributed by atoms with Crippen LogP contribution in [0.1, 0.15) is 44.4 Å². The van der Waals surface area contributed by atoms with Crippen molar-refractivity contribution in [3.63, 3.8) is 0 Å². The molecule has 5 heteroatoms. The summed E-state index contributed by atoms with van der Waals surface area (Å²) >= 11 is 6.02. The van der Waals surface area contributed by atoms with E-state index < -0.39 is 11.8 Å². The Kier molecular flexibility index (Phi) is 5.06. The minimum atomic E-state index is -2.18. The zero-order valence-corrected chi connectivity index (χ0v) is 16.6. The summed E-state index contributed by atoms with van der Waals surface area (Å²) in [7, 11) is 0. The molecular weight excluding hydrogens is 364 g/mol. The van der Waals surface area contributed by atoms with E-state index in [1.165, 1.54) is 6.08 Å². The third-order valence-corrected chi connectivity index (χ3v) is 4.72. The van der Waals surface area contributed by atoms with Gasteiger partial charge in [0.25, 0.3) is 0 Å². The molecule has 0 saturated carbocycles. The van der Waals surface area contributed by atoms with Crippen LogP contribution < -0.4 is 4.74 Å². The molecule has 0 bridgehead atoms. The Morgan fingerprint density at radius 2 is 1.85 bits per heavy atom. The van der Waals surface area contributed by atoms with Gasteiger partial charge in [-0.25, -0.2) is 4.79 Å². The molecule has 1 N–H and O–H groups in total. The van der Waals surface area contributed by atoms with Crippen LogP contribution in [0.2, 0.25) is 5.02 Å². The van der Waals surface area contributed by atoms with E-state index >= 15 is 0 Å². The van der Waals surface area contributed by atoms with Gasteiger partial charge >= 0.3 is 11.8 Å². The van der Waals surface area contributed by atoms with Gasteiger partial charge < -0.3 is 14.6 Å². The summed E-state index contributed by atoms with van der Waals surface area (Å²) < 4.78 is 10.7. The lowest BCUT2D eigenvalue weighted by molar-refractivity contribution is -0.186. The molecule has 1 atom stereocenters. The molecule has 1 aliphatic rings. The van der Waals surface area contributed by atoms with E-state index in [9.17, 15) is 9.90 Å². The lowest BCUT2D eigenvalue weighted by atomic mass is 9.83. The van der Waals surface area contributed by atoms with Crippen LogP contribution in [-0.2, 0) is 14.9 Å². The van der Waals surface area contributed by atoms with E-state index in [1.807, 2.05) is 24.3 Å². The number of esters is 1. The Balaban J connectivity index is 2.19. The minimum absolute atomic E-state index is 0.0605. The molecule has 27 heavy (non-hydrogen) atoms. The van der Waals surface area contributed by atoms with Gasteiger partial charge in [0.15, 0.2) is 0 Å². The number of hydrogen-bond donors (Lipinski definition) is 1. The van der Waals surface area contributed by atoms with Crippen LogP contribution in [0.3, 0.4) is 0 Å². The molecule has 0 fully saturated rings.